The highest BCUT2D eigenvalue weighted by atomic mass is 32.2. The number of halogens is 1. The third kappa shape index (κ3) is 2.74. The summed E-state index contributed by atoms with van der Waals surface area (Å²) in [4.78, 5) is 0. The SMILES string of the molecule is CC(c1cc(F)ccc1CN)S(N)(=O)=O. The Labute approximate surface area is 88.1 Å². The lowest BCUT2D eigenvalue weighted by molar-refractivity contribution is 0.586. The average molecular weight is 232 g/mol. The van der Waals surface area contributed by atoms with Crippen LogP contribution >= 0.6 is 0 Å². The van der Waals surface area contributed by atoms with Crippen LogP contribution in [0.4, 0.5) is 4.39 Å². The van der Waals surface area contributed by atoms with Crippen LogP contribution in [0.25, 0.3) is 0 Å². The van der Waals surface area contributed by atoms with Crippen molar-refractivity contribution in [1.82, 2.24) is 0 Å². The largest absolute Gasteiger partial charge is 0.326 e. The van der Waals surface area contributed by atoms with E-state index in [-0.39, 0.29) is 6.54 Å². The average Bonchev–Trinajstić information content (AvgIpc) is 2.15. The molecule has 1 rings (SSSR count). The second kappa shape index (κ2) is 4.26. The van der Waals surface area contributed by atoms with E-state index in [0.29, 0.717) is 11.1 Å². The normalized spacial score (nSPS) is 13.9. The molecule has 84 valence electrons. The first-order valence-corrected chi connectivity index (χ1v) is 5.97. The molecule has 1 aromatic carbocycles. The summed E-state index contributed by atoms with van der Waals surface area (Å²) in [6.07, 6.45) is 0. The van der Waals surface area contributed by atoms with Crippen LogP contribution in [0.2, 0.25) is 0 Å². The molecule has 0 aliphatic heterocycles. The standard InChI is InChI=1S/C9H13FN2O2S/c1-6(15(12,13)14)9-4-8(10)3-2-7(9)5-11/h2-4,6H,5,11H2,1H3,(H2,12,13,14). The van der Waals surface area contributed by atoms with E-state index < -0.39 is 21.1 Å². The van der Waals surface area contributed by atoms with E-state index >= 15 is 0 Å². The second-order valence-corrected chi connectivity index (χ2v) is 5.16. The van der Waals surface area contributed by atoms with Gasteiger partial charge in [0.1, 0.15) is 5.82 Å². The molecule has 0 fully saturated rings. The van der Waals surface area contributed by atoms with Gasteiger partial charge in [-0.2, -0.15) is 0 Å². The predicted octanol–water partition coefficient (Wildman–Crippen LogP) is 0.634. The van der Waals surface area contributed by atoms with Gasteiger partial charge in [-0.05, 0) is 30.2 Å². The van der Waals surface area contributed by atoms with E-state index in [1.807, 2.05) is 0 Å². The topological polar surface area (TPSA) is 86.2 Å². The van der Waals surface area contributed by atoms with E-state index in [4.69, 9.17) is 10.9 Å². The Balaban J connectivity index is 3.29. The molecular formula is C9H13FN2O2S. The number of sulfonamides is 1. The van der Waals surface area contributed by atoms with Crippen molar-refractivity contribution in [2.24, 2.45) is 10.9 Å². The Morgan fingerprint density at radius 1 is 1.47 bits per heavy atom. The van der Waals surface area contributed by atoms with Crippen molar-refractivity contribution in [3.8, 4) is 0 Å². The first-order chi connectivity index (χ1) is 6.86. The number of nitrogens with two attached hydrogens (primary N) is 2. The third-order valence-electron chi connectivity index (χ3n) is 2.26. The van der Waals surface area contributed by atoms with Gasteiger partial charge in [0.15, 0.2) is 0 Å². The molecule has 0 saturated heterocycles. The quantitative estimate of drug-likeness (QED) is 0.801. The lowest BCUT2D eigenvalue weighted by atomic mass is 10.1. The Kier molecular flexibility index (Phi) is 3.43. The molecule has 0 aliphatic rings. The van der Waals surface area contributed by atoms with Gasteiger partial charge >= 0.3 is 0 Å². The molecule has 0 bridgehead atoms. The Morgan fingerprint density at radius 2 is 2.07 bits per heavy atom. The summed E-state index contributed by atoms with van der Waals surface area (Å²) in [5.41, 5.74) is 6.32. The molecule has 1 unspecified atom stereocenters. The molecule has 0 heterocycles. The van der Waals surface area contributed by atoms with Gasteiger partial charge < -0.3 is 5.73 Å². The van der Waals surface area contributed by atoms with Crippen LogP contribution < -0.4 is 10.9 Å². The maximum absolute atomic E-state index is 13.0. The minimum Gasteiger partial charge on any atom is -0.326 e. The lowest BCUT2D eigenvalue weighted by Crippen LogP contribution is -2.21. The van der Waals surface area contributed by atoms with Crippen LogP contribution in [-0.2, 0) is 16.6 Å². The van der Waals surface area contributed by atoms with E-state index in [1.165, 1.54) is 19.1 Å². The number of hydrogen-bond acceptors (Lipinski definition) is 3. The maximum Gasteiger partial charge on any atom is 0.215 e. The third-order valence-corrected chi connectivity index (χ3v) is 3.50. The number of benzene rings is 1. The molecular weight excluding hydrogens is 219 g/mol. The molecule has 0 aromatic heterocycles. The van der Waals surface area contributed by atoms with E-state index in [2.05, 4.69) is 0 Å². The summed E-state index contributed by atoms with van der Waals surface area (Å²) in [5.74, 6) is -0.502. The first-order valence-electron chi connectivity index (χ1n) is 4.36. The van der Waals surface area contributed by atoms with Gasteiger partial charge in [-0.15, -0.1) is 0 Å². The Morgan fingerprint density at radius 3 is 2.53 bits per heavy atom. The summed E-state index contributed by atoms with van der Waals surface area (Å²) < 4.78 is 35.2. The Bertz CT molecular complexity index is 459. The summed E-state index contributed by atoms with van der Waals surface area (Å²) in [7, 11) is -3.73. The fourth-order valence-corrected chi connectivity index (χ4v) is 1.88. The molecule has 0 saturated carbocycles. The second-order valence-electron chi connectivity index (χ2n) is 3.28. The first kappa shape index (κ1) is 12.1. The molecule has 15 heavy (non-hydrogen) atoms. The maximum atomic E-state index is 13.0. The van der Waals surface area contributed by atoms with Crippen molar-refractivity contribution in [3.63, 3.8) is 0 Å². The van der Waals surface area contributed by atoms with Crippen LogP contribution in [0.5, 0.6) is 0 Å². The molecule has 0 radical (unpaired) electrons. The zero-order valence-electron chi connectivity index (χ0n) is 8.27. The van der Waals surface area contributed by atoms with Gasteiger partial charge in [-0.25, -0.2) is 17.9 Å². The summed E-state index contributed by atoms with van der Waals surface area (Å²) in [6, 6.07) is 3.85. The van der Waals surface area contributed by atoms with E-state index in [0.717, 1.165) is 6.07 Å². The summed E-state index contributed by atoms with van der Waals surface area (Å²) >= 11 is 0. The lowest BCUT2D eigenvalue weighted by Gasteiger charge is -2.13. The van der Waals surface area contributed by atoms with Gasteiger partial charge in [-0.1, -0.05) is 6.07 Å². The van der Waals surface area contributed by atoms with Crippen molar-refractivity contribution in [2.45, 2.75) is 18.7 Å². The van der Waals surface area contributed by atoms with Crippen LogP contribution in [0, 0.1) is 5.82 Å². The van der Waals surface area contributed by atoms with Crippen molar-refractivity contribution in [2.75, 3.05) is 0 Å². The molecule has 1 atom stereocenters. The van der Waals surface area contributed by atoms with Gasteiger partial charge in [0.2, 0.25) is 10.0 Å². The van der Waals surface area contributed by atoms with Gasteiger partial charge in [0, 0.05) is 6.54 Å². The monoisotopic (exact) mass is 232 g/mol. The van der Waals surface area contributed by atoms with Gasteiger partial charge in [-0.3, -0.25) is 0 Å². The summed E-state index contributed by atoms with van der Waals surface area (Å²) in [6.45, 7) is 1.55. The molecule has 4 N–H and O–H groups in total. The number of primary sulfonamides is 1. The predicted molar refractivity (Wildman–Crippen MR) is 55.8 cm³/mol. The van der Waals surface area contributed by atoms with Crippen molar-refractivity contribution >= 4 is 10.0 Å². The zero-order valence-corrected chi connectivity index (χ0v) is 9.09. The number of hydrogen-bond donors (Lipinski definition) is 2. The Hall–Kier alpha value is -0.980. The fraction of sp³-hybridized carbons (Fsp3) is 0.333. The smallest absolute Gasteiger partial charge is 0.215 e. The fourth-order valence-electron chi connectivity index (χ4n) is 1.31. The van der Waals surface area contributed by atoms with Crippen LogP contribution in [-0.4, -0.2) is 8.42 Å². The van der Waals surface area contributed by atoms with E-state index in [9.17, 15) is 12.8 Å². The van der Waals surface area contributed by atoms with Crippen molar-refractivity contribution < 1.29 is 12.8 Å². The van der Waals surface area contributed by atoms with Crippen LogP contribution in [0.15, 0.2) is 18.2 Å². The zero-order chi connectivity index (χ0) is 11.6. The highest BCUT2D eigenvalue weighted by molar-refractivity contribution is 7.89. The molecule has 4 nitrogen and oxygen atoms in total. The molecule has 0 aliphatic carbocycles. The highest BCUT2D eigenvalue weighted by Crippen LogP contribution is 2.24. The number of rotatable bonds is 3. The van der Waals surface area contributed by atoms with Gasteiger partial charge in [0.25, 0.3) is 0 Å². The molecule has 1 aromatic rings. The molecule has 0 amide bonds. The highest BCUT2D eigenvalue weighted by Gasteiger charge is 2.20. The van der Waals surface area contributed by atoms with Gasteiger partial charge in [0.05, 0.1) is 5.25 Å². The van der Waals surface area contributed by atoms with E-state index in [1.54, 1.807) is 0 Å². The minimum atomic E-state index is -3.73. The molecule has 0 spiro atoms. The summed E-state index contributed by atoms with van der Waals surface area (Å²) in [5, 5.41) is 4.04. The minimum absolute atomic E-state index is 0.148. The molecule has 6 heteroatoms. The van der Waals surface area contributed by atoms with Crippen LogP contribution in [0.3, 0.4) is 0 Å². The van der Waals surface area contributed by atoms with Crippen molar-refractivity contribution in [3.05, 3.63) is 35.1 Å². The van der Waals surface area contributed by atoms with Crippen molar-refractivity contribution in [1.29, 1.82) is 0 Å². The van der Waals surface area contributed by atoms with Crippen LogP contribution in [0.1, 0.15) is 23.3 Å².